The van der Waals surface area contributed by atoms with Gasteiger partial charge in [-0.05, 0) is 30.7 Å². The summed E-state index contributed by atoms with van der Waals surface area (Å²) in [5.74, 6) is 0.795. The van der Waals surface area contributed by atoms with Crippen LogP contribution in [0.5, 0.6) is 0 Å². The van der Waals surface area contributed by atoms with Crippen LogP contribution in [0.15, 0.2) is 5.38 Å². The standard InChI is InChI=1S/C12H18N2OS/c1-8-2-3-9-10(7-16-11(9)6-8)12(15)14-5-4-13/h7-8H,2-6,13H2,1H3,(H,14,15). The fourth-order valence-electron chi connectivity index (χ4n) is 2.15. The van der Waals surface area contributed by atoms with E-state index in [0.717, 1.165) is 24.3 Å². The molecule has 1 aromatic heterocycles. The Morgan fingerprint density at radius 3 is 3.25 bits per heavy atom. The lowest BCUT2D eigenvalue weighted by Gasteiger charge is -2.18. The Morgan fingerprint density at radius 1 is 1.69 bits per heavy atom. The fraction of sp³-hybridized carbons (Fsp3) is 0.583. The van der Waals surface area contributed by atoms with E-state index in [2.05, 4.69) is 12.2 Å². The summed E-state index contributed by atoms with van der Waals surface area (Å²) in [6.07, 6.45) is 3.37. The Labute approximate surface area is 100 Å². The fourth-order valence-corrected chi connectivity index (χ4v) is 3.39. The highest BCUT2D eigenvalue weighted by Crippen LogP contribution is 2.32. The molecule has 16 heavy (non-hydrogen) atoms. The summed E-state index contributed by atoms with van der Waals surface area (Å²) in [6, 6.07) is 0. The summed E-state index contributed by atoms with van der Waals surface area (Å²) in [6.45, 7) is 3.33. The molecule has 1 unspecified atom stereocenters. The molecule has 3 nitrogen and oxygen atoms in total. The Kier molecular flexibility index (Phi) is 3.61. The predicted octanol–water partition coefficient (Wildman–Crippen LogP) is 1.56. The van der Waals surface area contributed by atoms with E-state index in [-0.39, 0.29) is 5.91 Å². The van der Waals surface area contributed by atoms with E-state index in [4.69, 9.17) is 5.73 Å². The minimum absolute atomic E-state index is 0.0394. The van der Waals surface area contributed by atoms with Crippen LogP contribution in [-0.2, 0) is 12.8 Å². The first-order valence-electron chi connectivity index (χ1n) is 5.80. The molecule has 1 aromatic rings. The van der Waals surface area contributed by atoms with Crippen LogP contribution in [0, 0.1) is 5.92 Å². The van der Waals surface area contributed by atoms with Gasteiger partial charge in [-0.3, -0.25) is 4.79 Å². The average Bonchev–Trinajstić information content (AvgIpc) is 2.68. The highest BCUT2D eigenvalue weighted by atomic mass is 32.1. The van der Waals surface area contributed by atoms with Crippen LogP contribution >= 0.6 is 11.3 Å². The van der Waals surface area contributed by atoms with Gasteiger partial charge in [0.05, 0.1) is 5.56 Å². The highest BCUT2D eigenvalue weighted by molar-refractivity contribution is 7.10. The maximum Gasteiger partial charge on any atom is 0.252 e. The summed E-state index contributed by atoms with van der Waals surface area (Å²) in [7, 11) is 0. The molecular formula is C12H18N2OS. The van der Waals surface area contributed by atoms with E-state index in [9.17, 15) is 4.79 Å². The molecule has 0 fully saturated rings. The lowest BCUT2D eigenvalue weighted by Crippen LogP contribution is -2.29. The number of rotatable bonds is 3. The van der Waals surface area contributed by atoms with Crippen molar-refractivity contribution in [3.63, 3.8) is 0 Å². The van der Waals surface area contributed by atoms with Crippen LogP contribution in [0.2, 0.25) is 0 Å². The van der Waals surface area contributed by atoms with Gasteiger partial charge in [0.25, 0.3) is 5.91 Å². The molecule has 0 radical (unpaired) electrons. The number of carbonyl (C=O) groups excluding carboxylic acids is 1. The summed E-state index contributed by atoms with van der Waals surface area (Å²) in [5, 5.41) is 4.83. The van der Waals surface area contributed by atoms with Crippen LogP contribution in [0.4, 0.5) is 0 Å². The van der Waals surface area contributed by atoms with E-state index >= 15 is 0 Å². The Morgan fingerprint density at radius 2 is 2.50 bits per heavy atom. The first kappa shape index (κ1) is 11.6. The lowest BCUT2D eigenvalue weighted by molar-refractivity contribution is 0.0954. The zero-order chi connectivity index (χ0) is 11.5. The molecule has 1 aliphatic rings. The van der Waals surface area contributed by atoms with Gasteiger partial charge < -0.3 is 11.1 Å². The maximum atomic E-state index is 11.9. The number of fused-ring (bicyclic) bond motifs is 1. The number of nitrogens with two attached hydrogens (primary N) is 1. The van der Waals surface area contributed by atoms with E-state index in [1.54, 1.807) is 11.3 Å². The molecule has 4 heteroatoms. The second-order valence-corrected chi connectivity index (χ2v) is 5.41. The molecule has 1 aliphatic carbocycles. The van der Waals surface area contributed by atoms with Gasteiger partial charge in [-0.15, -0.1) is 11.3 Å². The van der Waals surface area contributed by atoms with Gasteiger partial charge in [0.15, 0.2) is 0 Å². The van der Waals surface area contributed by atoms with Crippen LogP contribution in [-0.4, -0.2) is 19.0 Å². The molecule has 0 bridgehead atoms. The molecule has 88 valence electrons. The number of hydrogen-bond acceptors (Lipinski definition) is 3. The molecule has 0 saturated carbocycles. The minimum Gasteiger partial charge on any atom is -0.351 e. The van der Waals surface area contributed by atoms with Crippen molar-refractivity contribution in [2.24, 2.45) is 11.7 Å². The quantitative estimate of drug-likeness (QED) is 0.839. The van der Waals surface area contributed by atoms with E-state index in [1.807, 2.05) is 5.38 Å². The topological polar surface area (TPSA) is 55.1 Å². The SMILES string of the molecule is CC1CCc2c(C(=O)NCCN)csc2C1. The first-order chi connectivity index (χ1) is 7.72. The van der Waals surface area contributed by atoms with Gasteiger partial charge in [-0.25, -0.2) is 0 Å². The average molecular weight is 238 g/mol. The van der Waals surface area contributed by atoms with Gasteiger partial charge >= 0.3 is 0 Å². The third kappa shape index (κ3) is 2.28. The van der Waals surface area contributed by atoms with E-state index < -0.39 is 0 Å². The van der Waals surface area contributed by atoms with E-state index in [1.165, 1.54) is 16.9 Å². The Balaban J connectivity index is 2.14. The molecule has 1 heterocycles. The molecule has 3 N–H and O–H groups in total. The second-order valence-electron chi connectivity index (χ2n) is 4.44. The molecule has 0 aromatic carbocycles. The number of thiophene rings is 1. The zero-order valence-corrected chi connectivity index (χ0v) is 10.4. The van der Waals surface area contributed by atoms with Crippen LogP contribution in [0.25, 0.3) is 0 Å². The highest BCUT2D eigenvalue weighted by Gasteiger charge is 2.22. The second kappa shape index (κ2) is 4.97. The molecule has 1 amide bonds. The van der Waals surface area contributed by atoms with Gasteiger partial charge in [-0.2, -0.15) is 0 Å². The normalized spacial score (nSPS) is 19.2. The molecule has 0 spiro atoms. The summed E-state index contributed by atoms with van der Waals surface area (Å²) in [5.41, 5.74) is 7.52. The third-order valence-electron chi connectivity index (χ3n) is 3.08. The third-order valence-corrected chi connectivity index (χ3v) is 4.13. The van der Waals surface area contributed by atoms with E-state index in [0.29, 0.717) is 13.1 Å². The molecule has 0 saturated heterocycles. The van der Waals surface area contributed by atoms with Crippen molar-refractivity contribution in [2.45, 2.75) is 26.2 Å². The number of carbonyl (C=O) groups is 1. The monoisotopic (exact) mass is 238 g/mol. The van der Waals surface area contributed by atoms with Gasteiger partial charge in [0.1, 0.15) is 0 Å². The van der Waals surface area contributed by atoms with Crippen molar-refractivity contribution in [1.82, 2.24) is 5.32 Å². The van der Waals surface area contributed by atoms with Gasteiger partial charge in [0.2, 0.25) is 0 Å². The Bertz CT molecular complexity index is 386. The smallest absolute Gasteiger partial charge is 0.252 e. The lowest BCUT2D eigenvalue weighted by atomic mass is 9.88. The molecule has 1 atom stereocenters. The van der Waals surface area contributed by atoms with Crippen LogP contribution < -0.4 is 11.1 Å². The van der Waals surface area contributed by atoms with Crippen molar-refractivity contribution in [1.29, 1.82) is 0 Å². The predicted molar refractivity (Wildman–Crippen MR) is 66.9 cm³/mol. The summed E-state index contributed by atoms with van der Waals surface area (Å²) in [4.78, 5) is 13.3. The summed E-state index contributed by atoms with van der Waals surface area (Å²) < 4.78 is 0. The van der Waals surface area contributed by atoms with Crippen LogP contribution in [0.3, 0.4) is 0 Å². The maximum absolute atomic E-state index is 11.9. The van der Waals surface area contributed by atoms with Crippen molar-refractivity contribution < 1.29 is 4.79 Å². The summed E-state index contributed by atoms with van der Waals surface area (Å²) >= 11 is 1.73. The minimum atomic E-state index is 0.0394. The van der Waals surface area contributed by atoms with Crippen molar-refractivity contribution >= 4 is 17.2 Å². The zero-order valence-electron chi connectivity index (χ0n) is 9.58. The van der Waals surface area contributed by atoms with Gasteiger partial charge in [-0.1, -0.05) is 6.92 Å². The number of amides is 1. The first-order valence-corrected chi connectivity index (χ1v) is 6.68. The molecular weight excluding hydrogens is 220 g/mol. The van der Waals surface area contributed by atoms with Crippen molar-refractivity contribution in [2.75, 3.05) is 13.1 Å². The van der Waals surface area contributed by atoms with Crippen LogP contribution in [0.1, 0.15) is 34.1 Å². The van der Waals surface area contributed by atoms with Crippen molar-refractivity contribution in [3.05, 3.63) is 21.4 Å². The Hall–Kier alpha value is -0.870. The number of nitrogens with one attached hydrogen (secondary N) is 1. The molecule has 0 aliphatic heterocycles. The van der Waals surface area contributed by atoms with Crippen molar-refractivity contribution in [3.8, 4) is 0 Å². The largest absolute Gasteiger partial charge is 0.351 e. The van der Waals surface area contributed by atoms with Gasteiger partial charge in [0, 0.05) is 23.3 Å². The number of hydrogen-bond donors (Lipinski definition) is 2. The molecule has 2 rings (SSSR count).